The number of carbonyl (C=O) groups is 16. The molecule has 4 aromatic rings. The van der Waals surface area contributed by atoms with Crippen molar-refractivity contribution >= 4 is 145 Å². The van der Waals surface area contributed by atoms with E-state index in [9.17, 15) is 82.8 Å². The lowest BCUT2D eigenvalue weighted by atomic mass is 9.96. The third-order valence-electron chi connectivity index (χ3n) is 20.3. The minimum absolute atomic E-state index is 0.00246. The van der Waals surface area contributed by atoms with Gasteiger partial charge in [0.15, 0.2) is 17.9 Å². The van der Waals surface area contributed by atoms with Crippen LogP contribution in [0.3, 0.4) is 0 Å². The predicted octanol–water partition coefficient (Wildman–Crippen LogP) is -4.81. The maximum atomic E-state index is 15.3. The van der Waals surface area contributed by atoms with Crippen LogP contribution < -0.4 is 115 Å². The number of carbonyl (C=O) groups excluding carboxylic acids is 14. The molecule has 0 aliphatic carbocycles. The number of aliphatic hydroxyl groups is 2. The van der Waals surface area contributed by atoms with Gasteiger partial charge in [0.25, 0.3) is 0 Å². The summed E-state index contributed by atoms with van der Waals surface area (Å²) in [6.45, 7) is 5.48. The van der Waals surface area contributed by atoms with E-state index in [0.29, 0.717) is 27.9 Å². The number of nitrogens with zero attached hydrogens (tertiary/aromatic N) is 3. The number of aliphatic carboxylic acids is 2. The van der Waals surface area contributed by atoms with Gasteiger partial charge in [-0.15, -0.1) is 0 Å². The van der Waals surface area contributed by atoms with Crippen LogP contribution in [0.1, 0.15) is 115 Å². The summed E-state index contributed by atoms with van der Waals surface area (Å²) < 4.78 is 0. The molecular formula is C83H120N24O20S2. The number of nitrogens with one attached hydrogen (secondary N) is 14. The summed E-state index contributed by atoms with van der Waals surface area (Å²) >= 11 is 0. The second-order valence-corrected chi connectivity index (χ2v) is 33.1. The molecule has 0 unspecified atom stereocenters. The van der Waals surface area contributed by atoms with E-state index >= 15 is 14.4 Å². The second-order valence-electron chi connectivity index (χ2n) is 30.6. The first kappa shape index (κ1) is 106. The molecule has 4 aromatic carbocycles. The first-order chi connectivity index (χ1) is 61.3. The number of fused-ring (bicyclic) bond motifs is 2. The van der Waals surface area contributed by atoms with Crippen molar-refractivity contribution in [2.24, 2.45) is 66.9 Å². The fourth-order valence-electron chi connectivity index (χ4n) is 12.6. The number of benzene rings is 4. The summed E-state index contributed by atoms with van der Waals surface area (Å²) in [5, 5.41) is 76.6. The lowest BCUT2D eigenvalue weighted by molar-refractivity contribution is -0.142. The SMILES string of the molecule is CC[C@H](C)[C@@H]1NC(=O)[C@@H](CCCN=C(N)N)NC(=O)Cc2ccc(cc2)NC(=O)Cc2ccc(cc2)NC(=O)[C@@H](Cc2ccccc2)NC(=O)[C@H](C)NC(=O)[C@H](NC(=O)[C@H](CO)NC(=O)[C@@H](N)CO)CSSC[C@H](C(=O)N[C@H](Cc2ccccc2)C(=O)N[C@H](CCCN=C(N)N)C(=O)O)NC(=O)[C@@H]([C@@H](C)CC)NC(=O)[C@H](CCCN=C(N)N)NC(=O)[C@@H](CC(=O)O)NC1=O. The van der Waals surface area contributed by atoms with Crippen LogP contribution in [0.2, 0.25) is 0 Å². The topological polar surface area (TPSA) is 742 Å². The number of aliphatic imine (C=N–C) groups is 3. The molecule has 32 N–H and O–H groups in total. The highest BCUT2D eigenvalue weighted by molar-refractivity contribution is 8.76. The zero-order valence-electron chi connectivity index (χ0n) is 72.2. The van der Waals surface area contributed by atoms with Crippen LogP contribution in [0.15, 0.2) is 124 Å². The van der Waals surface area contributed by atoms with Crippen molar-refractivity contribution in [3.8, 4) is 0 Å². The molecule has 44 nitrogen and oxygen atoms in total. The quantitative estimate of drug-likeness (QED) is 0.00921. The second kappa shape index (κ2) is 55.4. The Bertz CT molecular complexity index is 4550. The Kier molecular flexibility index (Phi) is 45.7. The maximum absolute atomic E-state index is 15.3. The summed E-state index contributed by atoms with van der Waals surface area (Å²) in [6.07, 6.45) is -2.27. The van der Waals surface area contributed by atoms with Crippen molar-refractivity contribution in [1.29, 1.82) is 0 Å². The molecule has 0 fully saturated rings. The van der Waals surface area contributed by atoms with Gasteiger partial charge >= 0.3 is 11.9 Å². The van der Waals surface area contributed by atoms with Crippen molar-refractivity contribution in [2.45, 2.75) is 197 Å². The van der Waals surface area contributed by atoms with Gasteiger partial charge in [-0.2, -0.15) is 0 Å². The zero-order valence-corrected chi connectivity index (χ0v) is 73.8. The monoisotopic (exact) mass is 1840 g/mol. The first-order valence-electron chi connectivity index (χ1n) is 41.6. The van der Waals surface area contributed by atoms with Gasteiger partial charge in [-0.25, -0.2) is 4.79 Å². The van der Waals surface area contributed by atoms with Crippen molar-refractivity contribution < 1.29 is 97.1 Å². The third kappa shape index (κ3) is 38.5. The number of aliphatic hydroxyl groups excluding tert-OH is 2. The van der Waals surface area contributed by atoms with Crippen molar-refractivity contribution in [2.75, 3.05) is 55.0 Å². The number of amides is 14. The number of anilines is 2. The van der Waals surface area contributed by atoms with Gasteiger partial charge in [-0.1, -0.05) is 147 Å². The highest BCUT2D eigenvalue weighted by atomic mass is 33.1. The van der Waals surface area contributed by atoms with Crippen LogP contribution in [0.4, 0.5) is 11.4 Å². The van der Waals surface area contributed by atoms with Gasteiger partial charge in [0, 0.05) is 55.4 Å². The Morgan fingerprint density at radius 2 is 0.946 bits per heavy atom. The Morgan fingerprint density at radius 3 is 1.46 bits per heavy atom. The van der Waals surface area contributed by atoms with Gasteiger partial charge in [-0.3, -0.25) is 86.9 Å². The number of guanidine groups is 3. The molecule has 3 heterocycles. The van der Waals surface area contributed by atoms with E-state index in [-0.39, 0.29) is 120 Å². The van der Waals surface area contributed by atoms with E-state index in [4.69, 9.17) is 40.1 Å². The van der Waals surface area contributed by atoms with E-state index in [1.165, 1.54) is 38.1 Å². The van der Waals surface area contributed by atoms with E-state index < -0.39 is 216 Å². The van der Waals surface area contributed by atoms with Crippen LogP contribution in [-0.4, -0.2) is 256 Å². The Hall–Kier alpha value is -13.2. The third-order valence-corrected chi connectivity index (χ3v) is 22.7. The van der Waals surface area contributed by atoms with Crippen LogP contribution in [-0.2, 0) is 102 Å². The van der Waals surface area contributed by atoms with Gasteiger partial charge in [0.1, 0.15) is 78.5 Å². The Balaban J connectivity index is 1.67. The number of hydrogen-bond donors (Lipinski definition) is 25. The molecule has 0 aromatic heterocycles. The summed E-state index contributed by atoms with van der Waals surface area (Å²) in [5.74, 6) is -20.5. The first-order valence-corrected chi connectivity index (χ1v) is 44.1. The lowest BCUT2D eigenvalue weighted by Crippen LogP contribution is -2.62. The smallest absolute Gasteiger partial charge is 0.326 e. The van der Waals surface area contributed by atoms with E-state index in [1.807, 2.05) is 0 Å². The minimum atomic E-state index is -2.01. The molecule has 0 saturated carbocycles. The van der Waals surface area contributed by atoms with Crippen LogP contribution in [0.5, 0.6) is 0 Å². The van der Waals surface area contributed by atoms with Crippen LogP contribution in [0, 0.1) is 11.8 Å². The largest absolute Gasteiger partial charge is 0.481 e. The molecule has 3 aliphatic rings. The van der Waals surface area contributed by atoms with E-state index in [2.05, 4.69) is 89.4 Å². The molecule has 704 valence electrons. The predicted molar refractivity (Wildman–Crippen MR) is 482 cm³/mol. The van der Waals surface area contributed by atoms with Crippen molar-refractivity contribution in [3.05, 3.63) is 131 Å². The van der Waals surface area contributed by atoms with E-state index in [1.54, 1.807) is 106 Å². The fraction of sp³-hybridized carbons (Fsp3) is 0.482. The van der Waals surface area contributed by atoms with Gasteiger partial charge in [0.05, 0.1) is 32.5 Å². The molecular weight excluding hydrogens is 1720 g/mol. The molecule has 3 aliphatic heterocycles. The Morgan fingerprint density at radius 1 is 0.473 bits per heavy atom. The normalized spacial score (nSPS) is 20.9. The molecule has 0 radical (unpaired) electrons. The van der Waals surface area contributed by atoms with Crippen LogP contribution in [0.25, 0.3) is 0 Å². The standard InChI is InChI=1S/C83H120N24O20S2/c1-6-44(3)66-78(124)102-59(39-65(112)113)74(120)98-55(22-15-33-92-82(87)88)71(117)107-67(45(4)7-2)79(125)105-62(77(123)101-58(36-48-19-12-9-13-20-48)73(119)99-56(80(126)127)23-16-34-93-83(89)90)43-129-128-42-61(104-75(121)60(41-109)103-69(115)53(84)40-108)76(122)94-46(5)68(114)100-57(35-47-17-10-8-11-18-47)72(118)96-52-30-26-49(27-31-52)37-63(110)95-51-28-24-50(25-29-51)38-64(111)97-54(70(116)106-66)21-14-32-91-81(85)86/h8-13,17-20,24-31,44-46,53-62,66-67,108-109H,6-7,14-16,21-23,32-43,84H2,1-5H3,(H,94,122)(H,95,110)(H,96,118)(H,97,111)(H,98,120)(H,99,119)(H,100,114)(H,101,123)(H,102,124)(H,103,115)(H,104,121)(H,105,125)(H,106,116)(H,107,117)(H,112,113)(H,126,127)(H4,85,86,91)(H4,87,88,92)(H4,89,90,93)/t44-,45-,46-,53-,54+,55-,56+,57+,58+,59+,60-,61+,62+,66-,67+/m0/s1. The molecule has 4 bridgehead atoms. The summed E-state index contributed by atoms with van der Waals surface area (Å²) in [4.78, 5) is 239. The summed E-state index contributed by atoms with van der Waals surface area (Å²) in [7, 11) is 1.51. The average Bonchev–Trinajstić information content (AvgIpc) is 0.840. The number of carboxylic acids is 2. The molecule has 0 saturated heterocycles. The van der Waals surface area contributed by atoms with Gasteiger partial charge in [-0.05, 0) is 104 Å². The number of carboxylic acid groups (broad SMARTS) is 2. The molecule has 46 heteroatoms. The molecule has 15 atom stereocenters. The van der Waals surface area contributed by atoms with Gasteiger partial charge < -0.3 is 135 Å². The zero-order chi connectivity index (χ0) is 95.4. The molecule has 0 spiro atoms. The average molecular weight is 1840 g/mol. The maximum Gasteiger partial charge on any atom is 0.326 e. The van der Waals surface area contributed by atoms with Crippen molar-refractivity contribution in [3.63, 3.8) is 0 Å². The van der Waals surface area contributed by atoms with Gasteiger partial charge in [0.2, 0.25) is 82.7 Å². The number of hydrogen-bond acceptors (Lipinski definition) is 24. The highest BCUT2D eigenvalue weighted by Crippen LogP contribution is 2.25. The molecule has 14 amide bonds. The Labute approximate surface area is 752 Å². The number of rotatable bonds is 33. The minimum Gasteiger partial charge on any atom is -0.481 e. The van der Waals surface area contributed by atoms with E-state index in [0.717, 1.165) is 21.6 Å². The summed E-state index contributed by atoms with van der Waals surface area (Å²) in [5.41, 5.74) is 41.6. The molecule has 129 heavy (non-hydrogen) atoms. The van der Waals surface area contributed by atoms with Crippen LogP contribution >= 0.6 is 21.6 Å². The van der Waals surface area contributed by atoms with Crippen molar-refractivity contribution in [1.82, 2.24) is 63.8 Å². The lowest BCUT2D eigenvalue weighted by Gasteiger charge is -2.30. The molecule has 7 rings (SSSR count). The summed E-state index contributed by atoms with van der Waals surface area (Å²) in [6, 6.07) is 7.59. The fourth-order valence-corrected chi connectivity index (χ4v) is 15.0. The number of nitrogens with two attached hydrogens (primary N) is 7. The highest BCUT2D eigenvalue weighted by Gasteiger charge is 2.39.